The number of nitrogens with one attached hydrogen (secondary N) is 2. The highest BCUT2D eigenvalue weighted by Gasteiger charge is 2.15. The molecule has 2 amide bonds. The quantitative estimate of drug-likeness (QED) is 0.651. The van der Waals surface area contributed by atoms with Crippen LogP contribution in [-0.2, 0) is 6.42 Å². The van der Waals surface area contributed by atoms with Crippen molar-refractivity contribution in [3.05, 3.63) is 64.3 Å². The molecule has 2 aromatic rings. The van der Waals surface area contributed by atoms with Gasteiger partial charge in [0.05, 0.1) is 4.92 Å². The predicted molar refractivity (Wildman–Crippen MR) is 78.1 cm³/mol. The lowest BCUT2D eigenvalue weighted by molar-refractivity contribution is -0.384. The zero-order valence-electron chi connectivity index (χ0n) is 11.2. The molecule has 7 nitrogen and oxygen atoms in total. The van der Waals surface area contributed by atoms with Gasteiger partial charge < -0.3 is 5.32 Å². The van der Waals surface area contributed by atoms with E-state index in [0.717, 1.165) is 5.56 Å². The molecule has 0 saturated heterocycles. The van der Waals surface area contributed by atoms with Crippen molar-refractivity contribution in [2.24, 2.45) is 0 Å². The van der Waals surface area contributed by atoms with E-state index in [0.29, 0.717) is 13.0 Å². The van der Waals surface area contributed by atoms with Crippen LogP contribution in [0.4, 0.5) is 16.3 Å². The first-order chi connectivity index (χ1) is 10.2. The molecule has 0 aliphatic carbocycles. The highest BCUT2D eigenvalue weighted by atomic mass is 16.6. The molecule has 7 heteroatoms. The topological polar surface area (TPSA) is 97.2 Å². The van der Waals surface area contributed by atoms with Gasteiger partial charge in [-0.15, -0.1) is 0 Å². The number of nitro groups is 1. The van der Waals surface area contributed by atoms with E-state index in [1.54, 1.807) is 0 Å². The van der Waals surface area contributed by atoms with Crippen LogP contribution in [0.25, 0.3) is 0 Å². The fourth-order valence-electron chi connectivity index (χ4n) is 1.76. The number of carbonyl (C=O) groups excluding carboxylic acids is 1. The average Bonchev–Trinajstić information content (AvgIpc) is 2.48. The Labute approximate surface area is 121 Å². The van der Waals surface area contributed by atoms with Gasteiger partial charge in [-0.1, -0.05) is 30.3 Å². The van der Waals surface area contributed by atoms with E-state index in [2.05, 4.69) is 15.6 Å². The number of nitrogens with zero attached hydrogens (tertiary/aromatic N) is 2. The standard InChI is InChI=1S/C14H14N4O3/c19-14(16-10-8-11-5-2-1-3-6-11)17-13-12(18(20)21)7-4-9-15-13/h1-7,9H,8,10H2,(H2,15,16,17,19). The monoisotopic (exact) mass is 286 g/mol. The van der Waals surface area contributed by atoms with E-state index in [4.69, 9.17) is 0 Å². The highest BCUT2D eigenvalue weighted by molar-refractivity contribution is 5.90. The molecule has 0 saturated carbocycles. The van der Waals surface area contributed by atoms with Crippen molar-refractivity contribution in [2.75, 3.05) is 11.9 Å². The lowest BCUT2D eigenvalue weighted by Gasteiger charge is -2.07. The van der Waals surface area contributed by atoms with Crippen molar-refractivity contribution in [2.45, 2.75) is 6.42 Å². The maximum absolute atomic E-state index is 11.7. The van der Waals surface area contributed by atoms with Gasteiger partial charge in [-0.25, -0.2) is 9.78 Å². The van der Waals surface area contributed by atoms with Gasteiger partial charge in [0, 0.05) is 18.8 Å². The molecule has 21 heavy (non-hydrogen) atoms. The highest BCUT2D eigenvalue weighted by Crippen LogP contribution is 2.19. The number of pyridine rings is 1. The van der Waals surface area contributed by atoms with Crippen LogP contribution in [0.3, 0.4) is 0 Å². The Bertz CT molecular complexity index is 631. The van der Waals surface area contributed by atoms with E-state index in [1.165, 1.54) is 18.3 Å². The number of carbonyl (C=O) groups is 1. The maximum atomic E-state index is 11.7. The third-order valence-electron chi connectivity index (χ3n) is 2.76. The first-order valence-corrected chi connectivity index (χ1v) is 6.35. The molecule has 1 aromatic carbocycles. The maximum Gasteiger partial charge on any atom is 0.320 e. The van der Waals surface area contributed by atoms with Crippen LogP contribution in [0.1, 0.15) is 5.56 Å². The minimum atomic E-state index is -0.591. The van der Waals surface area contributed by atoms with Gasteiger partial charge in [-0.05, 0) is 18.1 Å². The van der Waals surface area contributed by atoms with Gasteiger partial charge in [0.2, 0.25) is 5.82 Å². The molecular formula is C14H14N4O3. The minimum absolute atomic E-state index is 0.0697. The number of benzene rings is 1. The number of anilines is 1. The van der Waals surface area contributed by atoms with Crippen molar-refractivity contribution in [1.29, 1.82) is 0 Å². The molecule has 2 N–H and O–H groups in total. The molecule has 0 aliphatic rings. The van der Waals surface area contributed by atoms with Crippen LogP contribution < -0.4 is 10.6 Å². The van der Waals surface area contributed by atoms with Crippen LogP contribution in [0.2, 0.25) is 0 Å². The van der Waals surface area contributed by atoms with Crippen molar-refractivity contribution in [1.82, 2.24) is 10.3 Å². The van der Waals surface area contributed by atoms with Gasteiger partial charge in [0.25, 0.3) is 0 Å². The Morgan fingerprint density at radius 2 is 1.95 bits per heavy atom. The summed E-state index contributed by atoms with van der Waals surface area (Å²) in [7, 11) is 0. The number of amides is 2. The Kier molecular flexibility index (Phi) is 4.81. The number of rotatable bonds is 5. The SMILES string of the molecule is O=C(NCCc1ccccc1)Nc1ncccc1[N+](=O)[O-]. The Morgan fingerprint density at radius 1 is 1.19 bits per heavy atom. The molecule has 0 bridgehead atoms. The van der Waals surface area contributed by atoms with E-state index >= 15 is 0 Å². The van der Waals surface area contributed by atoms with Crippen molar-refractivity contribution in [3.8, 4) is 0 Å². The Morgan fingerprint density at radius 3 is 2.67 bits per heavy atom. The van der Waals surface area contributed by atoms with Crippen LogP contribution in [0.5, 0.6) is 0 Å². The van der Waals surface area contributed by atoms with Crippen LogP contribution in [0, 0.1) is 10.1 Å². The third-order valence-corrected chi connectivity index (χ3v) is 2.76. The number of hydrogen-bond donors (Lipinski definition) is 2. The summed E-state index contributed by atoms with van der Waals surface area (Å²) in [6, 6.07) is 11.9. The minimum Gasteiger partial charge on any atom is -0.337 e. The number of aromatic nitrogens is 1. The first kappa shape index (κ1) is 14.4. The summed E-state index contributed by atoms with van der Waals surface area (Å²) < 4.78 is 0. The molecule has 108 valence electrons. The largest absolute Gasteiger partial charge is 0.337 e. The summed E-state index contributed by atoms with van der Waals surface area (Å²) in [6.45, 7) is 0.427. The molecule has 0 fully saturated rings. The Balaban J connectivity index is 1.86. The zero-order chi connectivity index (χ0) is 15.1. The molecule has 0 radical (unpaired) electrons. The van der Waals surface area contributed by atoms with E-state index in [9.17, 15) is 14.9 Å². The van der Waals surface area contributed by atoms with Gasteiger partial charge in [0.15, 0.2) is 0 Å². The second kappa shape index (κ2) is 6.99. The van der Waals surface area contributed by atoms with Crippen LogP contribution in [-0.4, -0.2) is 22.5 Å². The molecule has 1 aromatic heterocycles. The molecular weight excluding hydrogens is 272 g/mol. The van der Waals surface area contributed by atoms with Crippen molar-refractivity contribution >= 4 is 17.5 Å². The summed E-state index contributed by atoms with van der Waals surface area (Å²) in [5.41, 5.74) is 0.859. The van der Waals surface area contributed by atoms with Gasteiger partial charge in [0.1, 0.15) is 0 Å². The number of hydrogen-bond acceptors (Lipinski definition) is 4. The summed E-state index contributed by atoms with van der Waals surface area (Å²) in [5, 5.41) is 15.8. The van der Waals surface area contributed by atoms with E-state index in [1.807, 2.05) is 30.3 Å². The van der Waals surface area contributed by atoms with E-state index < -0.39 is 11.0 Å². The summed E-state index contributed by atoms with van der Waals surface area (Å²) >= 11 is 0. The normalized spacial score (nSPS) is 9.90. The Hall–Kier alpha value is -2.96. The molecule has 1 heterocycles. The molecule has 0 atom stereocenters. The fourth-order valence-corrected chi connectivity index (χ4v) is 1.76. The van der Waals surface area contributed by atoms with Gasteiger partial charge in [-0.2, -0.15) is 0 Å². The fraction of sp³-hybridized carbons (Fsp3) is 0.143. The lowest BCUT2D eigenvalue weighted by atomic mass is 10.1. The second-order valence-electron chi connectivity index (χ2n) is 4.24. The van der Waals surface area contributed by atoms with Crippen molar-refractivity contribution in [3.63, 3.8) is 0 Å². The molecule has 0 spiro atoms. The second-order valence-corrected chi connectivity index (χ2v) is 4.24. The smallest absolute Gasteiger partial charge is 0.320 e. The summed E-state index contributed by atoms with van der Waals surface area (Å²) in [6.07, 6.45) is 2.06. The molecule has 2 rings (SSSR count). The van der Waals surface area contributed by atoms with Crippen molar-refractivity contribution < 1.29 is 9.72 Å². The lowest BCUT2D eigenvalue weighted by Crippen LogP contribution is -2.31. The predicted octanol–water partition coefficient (Wildman–Crippen LogP) is 2.35. The number of urea groups is 1. The summed E-state index contributed by atoms with van der Waals surface area (Å²) in [5.74, 6) is -0.0697. The van der Waals surface area contributed by atoms with Gasteiger partial charge >= 0.3 is 11.7 Å². The molecule has 0 aliphatic heterocycles. The van der Waals surface area contributed by atoms with Crippen LogP contribution >= 0.6 is 0 Å². The van der Waals surface area contributed by atoms with Gasteiger partial charge in [-0.3, -0.25) is 15.4 Å². The van der Waals surface area contributed by atoms with E-state index in [-0.39, 0.29) is 11.5 Å². The average molecular weight is 286 g/mol. The first-order valence-electron chi connectivity index (χ1n) is 6.35. The molecule has 0 unspecified atom stereocenters. The zero-order valence-corrected chi connectivity index (χ0v) is 11.2. The summed E-state index contributed by atoms with van der Waals surface area (Å²) in [4.78, 5) is 25.7. The third kappa shape index (κ3) is 4.27. The van der Waals surface area contributed by atoms with Crippen LogP contribution in [0.15, 0.2) is 48.7 Å².